The molecule has 2 unspecified atom stereocenters. The Bertz CT molecular complexity index is 571. The van der Waals surface area contributed by atoms with E-state index in [1.54, 1.807) is 7.11 Å². The molecule has 2 atom stereocenters. The number of ether oxygens (including phenoxy) is 2. The molecule has 0 aliphatic heterocycles. The number of anilines is 1. The summed E-state index contributed by atoms with van der Waals surface area (Å²) in [7, 11) is 1.62. The number of amides is 1. The number of hydrogen-bond donors (Lipinski definition) is 2. The molecule has 22 heavy (non-hydrogen) atoms. The number of hydrogen-bond acceptors (Lipinski definition) is 4. The molecule has 0 heterocycles. The van der Waals surface area contributed by atoms with E-state index in [2.05, 4.69) is 5.32 Å². The number of nitrogens with one attached hydrogen (secondary N) is 1. The Balaban J connectivity index is 2.13. The normalized spacial score (nSPS) is 26.2. The number of carbonyl (C=O) groups is 1. The second-order valence-electron chi connectivity index (χ2n) is 6.48. The highest BCUT2D eigenvalue weighted by Gasteiger charge is 2.62. The first-order valence-electron chi connectivity index (χ1n) is 7.63. The fraction of sp³-hybridized carbons (Fsp3) is 0.588. The predicted octanol–water partition coefficient (Wildman–Crippen LogP) is 2.47. The molecule has 5 heteroatoms. The summed E-state index contributed by atoms with van der Waals surface area (Å²) in [6, 6.07) is 5.54. The van der Waals surface area contributed by atoms with Gasteiger partial charge in [0, 0.05) is 24.1 Å². The summed E-state index contributed by atoms with van der Waals surface area (Å²) in [5.74, 6) is 0.597. The molecule has 2 rings (SSSR count). The van der Waals surface area contributed by atoms with Gasteiger partial charge in [0.15, 0.2) is 0 Å². The van der Waals surface area contributed by atoms with Gasteiger partial charge in [0.1, 0.15) is 11.3 Å². The molecular weight excluding hydrogens is 280 g/mol. The second kappa shape index (κ2) is 5.89. The lowest BCUT2D eigenvalue weighted by molar-refractivity contribution is -0.166. The fourth-order valence-corrected chi connectivity index (χ4v) is 2.96. The SMILES string of the molecule is CCOC1CC(N)(C(=O)Nc2ccc(OC)cc2C)C1(C)C. The van der Waals surface area contributed by atoms with Crippen molar-refractivity contribution in [2.75, 3.05) is 19.0 Å². The van der Waals surface area contributed by atoms with Crippen LogP contribution in [0.3, 0.4) is 0 Å². The Kier molecular flexibility index (Phi) is 4.49. The van der Waals surface area contributed by atoms with Crippen molar-refractivity contribution < 1.29 is 14.3 Å². The van der Waals surface area contributed by atoms with Gasteiger partial charge in [-0.05, 0) is 37.6 Å². The maximum Gasteiger partial charge on any atom is 0.245 e. The Morgan fingerprint density at radius 3 is 2.64 bits per heavy atom. The average molecular weight is 306 g/mol. The van der Waals surface area contributed by atoms with Gasteiger partial charge in [-0.15, -0.1) is 0 Å². The van der Waals surface area contributed by atoms with Gasteiger partial charge >= 0.3 is 0 Å². The molecule has 0 spiro atoms. The minimum absolute atomic E-state index is 0.0187. The van der Waals surface area contributed by atoms with Crippen LogP contribution < -0.4 is 15.8 Å². The topological polar surface area (TPSA) is 73.6 Å². The zero-order chi connectivity index (χ0) is 16.5. The van der Waals surface area contributed by atoms with E-state index in [0.717, 1.165) is 17.0 Å². The lowest BCUT2D eigenvalue weighted by atomic mass is 9.54. The molecule has 0 aromatic heterocycles. The van der Waals surface area contributed by atoms with Gasteiger partial charge in [-0.2, -0.15) is 0 Å². The average Bonchev–Trinajstić information content (AvgIpc) is 2.48. The van der Waals surface area contributed by atoms with Crippen molar-refractivity contribution in [1.82, 2.24) is 0 Å². The van der Waals surface area contributed by atoms with E-state index in [0.29, 0.717) is 13.0 Å². The van der Waals surface area contributed by atoms with Crippen LogP contribution in [0.15, 0.2) is 18.2 Å². The van der Waals surface area contributed by atoms with Crippen LogP contribution >= 0.6 is 0 Å². The van der Waals surface area contributed by atoms with Crippen LogP contribution in [0.2, 0.25) is 0 Å². The molecule has 1 aromatic rings. The fourth-order valence-electron chi connectivity index (χ4n) is 2.96. The lowest BCUT2D eigenvalue weighted by Crippen LogP contribution is -2.74. The summed E-state index contributed by atoms with van der Waals surface area (Å²) < 4.78 is 10.8. The maximum atomic E-state index is 12.7. The maximum absolute atomic E-state index is 12.7. The third kappa shape index (κ3) is 2.59. The van der Waals surface area contributed by atoms with Crippen LogP contribution in [-0.4, -0.2) is 31.3 Å². The minimum Gasteiger partial charge on any atom is -0.497 e. The van der Waals surface area contributed by atoms with Crippen molar-refractivity contribution >= 4 is 11.6 Å². The zero-order valence-electron chi connectivity index (χ0n) is 14.0. The quantitative estimate of drug-likeness (QED) is 0.876. The lowest BCUT2D eigenvalue weighted by Gasteiger charge is -2.57. The molecule has 0 saturated heterocycles. The number of aryl methyl sites for hydroxylation is 1. The second-order valence-corrected chi connectivity index (χ2v) is 6.48. The molecule has 5 nitrogen and oxygen atoms in total. The van der Waals surface area contributed by atoms with Gasteiger partial charge in [0.05, 0.1) is 13.2 Å². The number of methoxy groups -OCH3 is 1. The van der Waals surface area contributed by atoms with E-state index >= 15 is 0 Å². The molecule has 122 valence electrons. The van der Waals surface area contributed by atoms with Crippen molar-refractivity contribution in [3.05, 3.63) is 23.8 Å². The Morgan fingerprint density at radius 1 is 1.45 bits per heavy atom. The predicted molar refractivity (Wildman–Crippen MR) is 87.1 cm³/mol. The number of nitrogens with two attached hydrogens (primary N) is 1. The van der Waals surface area contributed by atoms with Gasteiger partial charge in [-0.25, -0.2) is 0 Å². The Morgan fingerprint density at radius 2 is 2.14 bits per heavy atom. The van der Waals surface area contributed by atoms with Gasteiger partial charge in [-0.3, -0.25) is 4.79 Å². The molecule has 0 radical (unpaired) electrons. The minimum atomic E-state index is -0.917. The van der Waals surface area contributed by atoms with Crippen molar-refractivity contribution in [2.24, 2.45) is 11.1 Å². The Labute approximate surface area is 132 Å². The van der Waals surface area contributed by atoms with Crippen molar-refractivity contribution in [3.63, 3.8) is 0 Å². The van der Waals surface area contributed by atoms with Crippen molar-refractivity contribution in [1.29, 1.82) is 0 Å². The first-order valence-corrected chi connectivity index (χ1v) is 7.63. The van der Waals surface area contributed by atoms with Crippen LogP contribution in [-0.2, 0) is 9.53 Å². The van der Waals surface area contributed by atoms with Gasteiger partial charge < -0.3 is 20.5 Å². The van der Waals surface area contributed by atoms with Crippen molar-refractivity contribution in [3.8, 4) is 5.75 Å². The van der Waals surface area contributed by atoms with Crippen LogP contribution in [0.4, 0.5) is 5.69 Å². The van der Waals surface area contributed by atoms with E-state index < -0.39 is 11.0 Å². The third-order valence-electron chi connectivity index (χ3n) is 4.92. The molecule has 1 aromatic carbocycles. The molecule has 1 saturated carbocycles. The highest BCUT2D eigenvalue weighted by molar-refractivity contribution is 6.00. The summed E-state index contributed by atoms with van der Waals surface area (Å²) in [5, 5.41) is 2.95. The number of rotatable bonds is 5. The third-order valence-corrected chi connectivity index (χ3v) is 4.92. The molecule has 1 aliphatic carbocycles. The smallest absolute Gasteiger partial charge is 0.245 e. The van der Waals surface area contributed by atoms with E-state index in [1.807, 2.05) is 45.9 Å². The standard InChI is InChI=1S/C17H26N2O3/c1-6-22-14-10-17(18,16(14,3)4)15(20)19-13-8-7-12(21-5)9-11(13)2/h7-9,14H,6,10,18H2,1-5H3,(H,19,20). The van der Waals surface area contributed by atoms with Gasteiger partial charge in [-0.1, -0.05) is 13.8 Å². The van der Waals surface area contributed by atoms with Crippen LogP contribution in [0, 0.1) is 12.3 Å². The zero-order valence-corrected chi connectivity index (χ0v) is 14.0. The first kappa shape index (κ1) is 16.8. The van der Waals surface area contributed by atoms with Gasteiger partial charge in [0.25, 0.3) is 0 Å². The summed E-state index contributed by atoms with van der Waals surface area (Å²) in [4.78, 5) is 12.7. The summed E-state index contributed by atoms with van der Waals surface area (Å²) in [5.41, 5.74) is 6.76. The van der Waals surface area contributed by atoms with E-state index in [4.69, 9.17) is 15.2 Å². The van der Waals surface area contributed by atoms with Gasteiger partial charge in [0.2, 0.25) is 5.91 Å². The summed E-state index contributed by atoms with van der Waals surface area (Å²) in [6.07, 6.45) is 0.555. The van der Waals surface area contributed by atoms with Crippen LogP contribution in [0.25, 0.3) is 0 Å². The largest absolute Gasteiger partial charge is 0.497 e. The van der Waals surface area contributed by atoms with Crippen LogP contribution in [0.5, 0.6) is 5.75 Å². The molecule has 0 bridgehead atoms. The summed E-state index contributed by atoms with van der Waals surface area (Å²) >= 11 is 0. The molecule has 1 aliphatic rings. The number of benzene rings is 1. The molecule has 1 fully saturated rings. The number of carbonyl (C=O) groups excluding carboxylic acids is 1. The monoisotopic (exact) mass is 306 g/mol. The van der Waals surface area contributed by atoms with Crippen LogP contribution in [0.1, 0.15) is 32.8 Å². The molecule has 3 N–H and O–H groups in total. The van der Waals surface area contributed by atoms with E-state index in [9.17, 15) is 4.79 Å². The highest BCUT2D eigenvalue weighted by Crippen LogP contribution is 2.50. The highest BCUT2D eigenvalue weighted by atomic mass is 16.5. The summed E-state index contributed by atoms with van der Waals surface area (Å²) in [6.45, 7) is 8.47. The Hall–Kier alpha value is -1.59. The molecular formula is C17H26N2O3. The van der Waals surface area contributed by atoms with Crippen molar-refractivity contribution in [2.45, 2.75) is 45.8 Å². The first-order chi connectivity index (χ1) is 10.3. The molecule has 1 amide bonds. The van der Waals surface area contributed by atoms with E-state index in [1.165, 1.54) is 0 Å². The van der Waals surface area contributed by atoms with E-state index in [-0.39, 0.29) is 12.0 Å².